The van der Waals surface area contributed by atoms with Crippen LogP contribution in [0.15, 0.2) is 23.2 Å². The molecule has 1 unspecified atom stereocenters. The zero-order valence-corrected chi connectivity index (χ0v) is 11.7. The number of hydrogen-bond donors (Lipinski definition) is 2. The molecule has 1 aliphatic heterocycles. The van der Waals surface area contributed by atoms with Crippen LogP contribution in [0.3, 0.4) is 0 Å². The first-order chi connectivity index (χ1) is 9.07. The molecule has 7 heteroatoms. The number of pyridine rings is 1. The second kappa shape index (κ2) is 5.85. The van der Waals surface area contributed by atoms with Crippen LogP contribution in [0.25, 0.3) is 0 Å². The van der Waals surface area contributed by atoms with Crippen molar-refractivity contribution in [1.29, 1.82) is 0 Å². The molecule has 0 aromatic carbocycles. The minimum absolute atomic E-state index is 0.0307. The number of piperidine rings is 1. The molecule has 1 atom stereocenters. The molecule has 1 saturated heterocycles. The molecule has 2 heterocycles. The van der Waals surface area contributed by atoms with Crippen LogP contribution in [0.1, 0.15) is 12.8 Å². The highest BCUT2D eigenvalue weighted by Gasteiger charge is 2.30. The van der Waals surface area contributed by atoms with Crippen molar-refractivity contribution in [1.82, 2.24) is 9.29 Å². The lowest BCUT2D eigenvalue weighted by atomic mass is 10.0. The third-order valence-corrected chi connectivity index (χ3v) is 5.22. The summed E-state index contributed by atoms with van der Waals surface area (Å²) in [6.07, 6.45) is 3.02. The molecule has 0 spiro atoms. The van der Waals surface area contributed by atoms with Crippen molar-refractivity contribution < 1.29 is 13.5 Å². The summed E-state index contributed by atoms with van der Waals surface area (Å²) in [6, 6.07) is 3.19. The summed E-state index contributed by atoms with van der Waals surface area (Å²) in [6.45, 7) is 0.919. The van der Waals surface area contributed by atoms with Crippen molar-refractivity contribution in [3.05, 3.63) is 18.3 Å². The van der Waals surface area contributed by atoms with Crippen molar-refractivity contribution in [2.45, 2.75) is 17.7 Å². The largest absolute Gasteiger partial charge is 0.396 e. The summed E-state index contributed by atoms with van der Waals surface area (Å²) in [4.78, 5) is 4.23. The molecule has 6 nitrogen and oxygen atoms in total. The quantitative estimate of drug-likeness (QED) is 0.842. The number of rotatable bonds is 4. The van der Waals surface area contributed by atoms with Crippen LogP contribution in [-0.2, 0) is 10.0 Å². The van der Waals surface area contributed by atoms with Gasteiger partial charge in [0.1, 0.15) is 10.7 Å². The molecular formula is C12H19N3O3S. The zero-order valence-electron chi connectivity index (χ0n) is 10.9. The Hall–Kier alpha value is -1.18. The van der Waals surface area contributed by atoms with Gasteiger partial charge in [0.15, 0.2) is 0 Å². The highest BCUT2D eigenvalue weighted by Crippen LogP contribution is 2.23. The molecule has 1 fully saturated rings. The Labute approximate surface area is 113 Å². The summed E-state index contributed by atoms with van der Waals surface area (Å²) in [7, 11) is -1.77. The summed E-state index contributed by atoms with van der Waals surface area (Å²) in [5, 5.41) is 12.0. The van der Waals surface area contributed by atoms with Crippen molar-refractivity contribution >= 4 is 15.8 Å². The van der Waals surface area contributed by atoms with Crippen molar-refractivity contribution in [3.8, 4) is 0 Å². The molecule has 106 valence electrons. The van der Waals surface area contributed by atoms with Crippen molar-refractivity contribution in [3.63, 3.8) is 0 Å². The van der Waals surface area contributed by atoms with E-state index in [0.29, 0.717) is 18.9 Å². The minimum Gasteiger partial charge on any atom is -0.396 e. The van der Waals surface area contributed by atoms with Gasteiger partial charge in [0, 0.05) is 32.9 Å². The Morgan fingerprint density at radius 1 is 1.53 bits per heavy atom. The van der Waals surface area contributed by atoms with Gasteiger partial charge in [-0.2, -0.15) is 4.31 Å². The predicted octanol–water partition coefficient (Wildman–Crippen LogP) is 0.516. The highest BCUT2D eigenvalue weighted by molar-refractivity contribution is 7.89. The van der Waals surface area contributed by atoms with E-state index in [4.69, 9.17) is 0 Å². The minimum atomic E-state index is -3.50. The lowest BCUT2D eigenvalue weighted by molar-refractivity contribution is 0.165. The van der Waals surface area contributed by atoms with E-state index < -0.39 is 10.0 Å². The fourth-order valence-corrected chi connectivity index (χ4v) is 3.72. The molecule has 1 aliphatic rings. The normalized spacial score (nSPS) is 21.3. The number of nitrogens with one attached hydrogen (secondary N) is 1. The SMILES string of the molecule is CNc1ccc(S(=O)(=O)N2CCCC(CO)C2)cn1. The fourth-order valence-electron chi connectivity index (χ4n) is 2.22. The van der Waals surface area contributed by atoms with Crippen LogP contribution in [0.2, 0.25) is 0 Å². The molecule has 2 N–H and O–H groups in total. The van der Waals surface area contributed by atoms with Gasteiger partial charge in [-0.15, -0.1) is 0 Å². The van der Waals surface area contributed by atoms with E-state index in [-0.39, 0.29) is 17.4 Å². The van der Waals surface area contributed by atoms with Gasteiger partial charge < -0.3 is 10.4 Å². The highest BCUT2D eigenvalue weighted by atomic mass is 32.2. The maximum Gasteiger partial charge on any atom is 0.244 e. The van der Waals surface area contributed by atoms with Gasteiger partial charge in [0.05, 0.1) is 0 Å². The smallest absolute Gasteiger partial charge is 0.244 e. The Balaban J connectivity index is 2.20. The molecule has 19 heavy (non-hydrogen) atoms. The average Bonchev–Trinajstić information content (AvgIpc) is 2.47. The van der Waals surface area contributed by atoms with Gasteiger partial charge in [0.2, 0.25) is 10.0 Å². The van der Waals surface area contributed by atoms with Crippen LogP contribution < -0.4 is 5.32 Å². The van der Waals surface area contributed by atoms with Crippen molar-refractivity contribution in [2.75, 3.05) is 32.1 Å². The first-order valence-corrected chi connectivity index (χ1v) is 7.76. The third-order valence-electron chi connectivity index (χ3n) is 3.37. The number of sulfonamides is 1. The molecular weight excluding hydrogens is 266 g/mol. The maximum absolute atomic E-state index is 12.4. The van der Waals surface area contributed by atoms with E-state index in [1.165, 1.54) is 10.5 Å². The second-order valence-electron chi connectivity index (χ2n) is 4.68. The number of aromatic nitrogens is 1. The Kier molecular flexibility index (Phi) is 4.38. The molecule has 1 aromatic heterocycles. The fraction of sp³-hybridized carbons (Fsp3) is 0.583. The van der Waals surface area contributed by atoms with Gasteiger partial charge in [-0.25, -0.2) is 13.4 Å². The van der Waals surface area contributed by atoms with E-state index in [1.807, 2.05) is 0 Å². The first kappa shape index (κ1) is 14.2. The third kappa shape index (κ3) is 3.05. The Morgan fingerprint density at radius 2 is 2.32 bits per heavy atom. The van der Waals surface area contributed by atoms with E-state index in [0.717, 1.165) is 12.8 Å². The Morgan fingerprint density at radius 3 is 2.89 bits per heavy atom. The van der Waals surface area contributed by atoms with Gasteiger partial charge in [0.25, 0.3) is 0 Å². The maximum atomic E-state index is 12.4. The van der Waals surface area contributed by atoms with Crippen LogP contribution >= 0.6 is 0 Å². The molecule has 0 saturated carbocycles. The topological polar surface area (TPSA) is 82.5 Å². The second-order valence-corrected chi connectivity index (χ2v) is 6.62. The summed E-state index contributed by atoms with van der Waals surface area (Å²) < 4.78 is 26.3. The van der Waals surface area contributed by atoms with E-state index >= 15 is 0 Å². The monoisotopic (exact) mass is 285 g/mol. The van der Waals surface area contributed by atoms with Gasteiger partial charge in [-0.05, 0) is 30.9 Å². The molecule has 1 aromatic rings. The predicted molar refractivity (Wildman–Crippen MR) is 72.4 cm³/mol. The summed E-state index contributed by atoms with van der Waals surface area (Å²) in [5.41, 5.74) is 0. The molecule has 2 rings (SSSR count). The van der Waals surface area contributed by atoms with Crippen molar-refractivity contribution in [2.24, 2.45) is 5.92 Å². The lowest BCUT2D eigenvalue weighted by Gasteiger charge is -2.30. The van der Waals surface area contributed by atoms with Gasteiger partial charge >= 0.3 is 0 Å². The summed E-state index contributed by atoms with van der Waals surface area (Å²) >= 11 is 0. The number of nitrogens with zero attached hydrogens (tertiary/aromatic N) is 2. The number of aliphatic hydroxyl groups is 1. The van der Waals surface area contributed by atoms with Crippen LogP contribution in [0, 0.1) is 5.92 Å². The molecule has 0 bridgehead atoms. The van der Waals surface area contributed by atoms with Crippen LogP contribution in [0.4, 0.5) is 5.82 Å². The van der Waals surface area contributed by atoms with E-state index in [1.54, 1.807) is 19.2 Å². The average molecular weight is 285 g/mol. The lowest BCUT2D eigenvalue weighted by Crippen LogP contribution is -2.40. The standard InChI is InChI=1S/C12H19N3O3S/c1-13-12-5-4-11(7-14-12)19(17,18)15-6-2-3-10(8-15)9-16/h4-5,7,10,16H,2-3,6,8-9H2,1H3,(H,13,14). The molecule has 0 aliphatic carbocycles. The number of hydrogen-bond acceptors (Lipinski definition) is 5. The molecule has 0 amide bonds. The number of anilines is 1. The van der Waals surface area contributed by atoms with E-state index in [2.05, 4.69) is 10.3 Å². The zero-order chi connectivity index (χ0) is 13.9. The van der Waals surface area contributed by atoms with Gasteiger partial charge in [-0.1, -0.05) is 0 Å². The van der Waals surface area contributed by atoms with Crippen LogP contribution in [-0.4, -0.2) is 49.6 Å². The van der Waals surface area contributed by atoms with Gasteiger partial charge in [-0.3, -0.25) is 0 Å². The number of aliphatic hydroxyl groups excluding tert-OH is 1. The Bertz CT molecular complexity index is 516. The first-order valence-electron chi connectivity index (χ1n) is 6.32. The molecule has 0 radical (unpaired) electrons. The van der Waals surface area contributed by atoms with E-state index in [9.17, 15) is 13.5 Å². The van der Waals surface area contributed by atoms with Crippen LogP contribution in [0.5, 0.6) is 0 Å². The summed E-state index contributed by atoms with van der Waals surface area (Å²) in [5.74, 6) is 0.666.